The molecule has 0 bridgehead atoms. The zero-order chi connectivity index (χ0) is 27.8. The molecule has 1 aliphatic rings. The number of amides is 2. The number of carbonyl (C=O) groups is 3. The number of nitrogens with zero attached hydrogens (tertiary/aromatic N) is 2. The molecule has 1 aliphatic heterocycles. The first kappa shape index (κ1) is 27.8. The number of likely N-dealkylation sites (tertiary alicyclic amines) is 1. The van der Waals surface area contributed by atoms with Crippen LogP contribution in [0.15, 0.2) is 84.9 Å². The Morgan fingerprint density at radius 2 is 1.54 bits per heavy atom. The minimum atomic E-state index is -1.36. The molecule has 8 nitrogen and oxygen atoms in total. The smallest absolute Gasteiger partial charge is 0.410 e. The zero-order valence-electron chi connectivity index (χ0n) is 21.4. The number of rotatable bonds is 10. The highest BCUT2D eigenvalue weighted by Crippen LogP contribution is 2.34. The van der Waals surface area contributed by atoms with E-state index in [1.54, 1.807) is 24.3 Å². The van der Waals surface area contributed by atoms with Gasteiger partial charge in [-0.2, -0.15) is 0 Å². The maximum atomic E-state index is 13.7. The molecule has 4 rings (SSSR count). The molecule has 1 saturated heterocycles. The Kier molecular flexibility index (Phi) is 9.27. The third-order valence-corrected chi connectivity index (χ3v) is 6.83. The number of ether oxygens (including phenoxy) is 1. The Balaban J connectivity index is 1.55. The molecule has 0 aliphatic carbocycles. The minimum Gasteiger partial charge on any atom is -0.480 e. The molecule has 9 heteroatoms. The van der Waals surface area contributed by atoms with Crippen LogP contribution in [0.4, 0.5) is 9.18 Å². The van der Waals surface area contributed by atoms with Gasteiger partial charge < -0.3 is 19.8 Å². The molecule has 39 heavy (non-hydrogen) atoms. The maximum Gasteiger partial charge on any atom is 0.410 e. The van der Waals surface area contributed by atoms with Gasteiger partial charge in [0.2, 0.25) is 5.91 Å². The number of carboxylic acids is 1. The van der Waals surface area contributed by atoms with Gasteiger partial charge in [0.05, 0.1) is 6.10 Å². The van der Waals surface area contributed by atoms with Crippen LogP contribution in [0.5, 0.6) is 0 Å². The summed E-state index contributed by atoms with van der Waals surface area (Å²) in [4.78, 5) is 40.9. The van der Waals surface area contributed by atoms with Crippen molar-refractivity contribution in [2.24, 2.45) is 0 Å². The molecule has 204 valence electrons. The Morgan fingerprint density at radius 1 is 0.923 bits per heavy atom. The summed E-state index contributed by atoms with van der Waals surface area (Å²) >= 11 is 0. The van der Waals surface area contributed by atoms with E-state index in [1.165, 1.54) is 24.3 Å². The van der Waals surface area contributed by atoms with Gasteiger partial charge in [0.1, 0.15) is 25.0 Å². The lowest BCUT2D eigenvalue weighted by atomic mass is 9.93. The van der Waals surface area contributed by atoms with Gasteiger partial charge in [-0.25, -0.2) is 9.18 Å². The number of aliphatic hydroxyl groups is 1. The number of hydrogen-bond acceptors (Lipinski definition) is 5. The van der Waals surface area contributed by atoms with Crippen molar-refractivity contribution in [3.8, 4) is 0 Å². The third-order valence-electron chi connectivity index (χ3n) is 6.83. The quantitative estimate of drug-likeness (QED) is 0.409. The Morgan fingerprint density at radius 3 is 2.15 bits per heavy atom. The highest BCUT2D eigenvalue weighted by Gasteiger charge is 2.49. The monoisotopic (exact) mass is 534 g/mol. The highest BCUT2D eigenvalue weighted by atomic mass is 19.1. The van der Waals surface area contributed by atoms with Crippen LogP contribution in [0.3, 0.4) is 0 Å². The van der Waals surface area contributed by atoms with Gasteiger partial charge in [-0.15, -0.1) is 0 Å². The van der Waals surface area contributed by atoms with Crippen molar-refractivity contribution < 1.29 is 33.7 Å². The number of aliphatic hydroxyl groups excluding tert-OH is 1. The molecule has 2 N–H and O–H groups in total. The predicted octanol–water partition coefficient (Wildman–Crippen LogP) is 3.84. The van der Waals surface area contributed by atoms with E-state index in [0.29, 0.717) is 18.4 Å². The minimum absolute atomic E-state index is 0.0374. The average Bonchev–Trinajstić information content (AvgIpc) is 3.29. The molecule has 3 aromatic rings. The van der Waals surface area contributed by atoms with Crippen LogP contribution in [0, 0.1) is 5.82 Å². The number of aliphatic carboxylic acids is 1. The number of carbonyl (C=O) groups excluding carboxylic acids is 2. The van der Waals surface area contributed by atoms with E-state index in [4.69, 9.17) is 4.74 Å². The van der Waals surface area contributed by atoms with E-state index in [-0.39, 0.29) is 19.7 Å². The summed E-state index contributed by atoms with van der Waals surface area (Å²) in [7, 11) is 0. The lowest BCUT2D eigenvalue weighted by molar-refractivity contribution is -0.147. The van der Waals surface area contributed by atoms with Crippen LogP contribution < -0.4 is 0 Å². The van der Waals surface area contributed by atoms with Gasteiger partial charge >= 0.3 is 12.1 Å². The third kappa shape index (κ3) is 7.20. The molecule has 0 unspecified atom stereocenters. The molecule has 0 radical (unpaired) electrons. The van der Waals surface area contributed by atoms with Crippen molar-refractivity contribution in [3.05, 3.63) is 107 Å². The zero-order valence-corrected chi connectivity index (χ0v) is 21.4. The van der Waals surface area contributed by atoms with Crippen molar-refractivity contribution in [1.29, 1.82) is 0 Å². The summed E-state index contributed by atoms with van der Waals surface area (Å²) < 4.78 is 19.0. The second-order valence-electron chi connectivity index (χ2n) is 9.53. The van der Waals surface area contributed by atoms with Crippen molar-refractivity contribution >= 4 is 18.0 Å². The number of halogens is 1. The summed E-state index contributed by atoms with van der Waals surface area (Å²) in [6, 6.07) is 22.7. The average molecular weight is 535 g/mol. The number of carboxylic acid groups (broad SMARTS) is 1. The number of hydrogen-bond donors (Lipinski definition) is 2. The largest absolute Gasteiger partial charge is 0.480 e. The summed E-state index contributed by atoms with van der Waals surface area (Å²) in [6.07, 6.45) is -1.04. The van der Waals surface area contributed by atoms with Crippen LogP contribution >= 0.6 is 0 Å². The summed E-state index contributed by atoms with van der Waals surface area (Å²) in [6.45, 7) is -0.547. The van der Waals surface area contributed by atoms with E-state index >= 15 is 0 Å². The standard InChI is InChI=1S/C30H31FN2O6/c31-24-15-13-23(14-16-24)25-18-33(30(38)39-20-22-10-5-2-6-11-22)27(28(25)36)29(37)32(19-26(34)35)17-7-12-21-8-3-1-4-9-21/h1-6,8-11,13-16,25,27-28,36H,7,12,17-20H2,(H,34,35)/t25-,27+,28-/m0/s1. The Bertz CT molecular complexity index is 1260. The maximum absolute atomic E-state index is 13.7. The molecule has 0 aromatic heterocycles. The lowest BCUT2D eigenvalue weighted by Gasteiger charge is -2.30. The molecule has 2 amide bonds. The van der Waals surface area contributed by atoms with Gasteiger partial charge in [0, 0.05) is 19.0 Å². The van der Waals surface area contributed by atoms with E-state index in [0.717, 1.165) is 20.9 Å². The van der Waals surface area contributed by atoms with Crippen molar-refractivity contribution in [1.82, 2.24) is 9.80 Å². The summed E-state index contributed by atoms with van der Waals surface area (Å²) in [5.74, 6) is -3.04. The van der Waals surface area contributed by atoms with Crippen molar-refractivity contribution in [2.45, 2.75) is 37.5 Å². The SMILES string of the molecule is O=C(O)CN(CCCc1ccccc1)C(=O)[C@H]1[C@@H](O)[C@H](c2ccc(F)cc2)CN1C(=O)OCc1ccccc1. The topological polar surface area (TPSA) is 107 Å². The molecule has 1 heterocycles. The molecular formula is C30H31FN2O6. The van der Waals surface area contributed by atoms with Gasteiger partial charge in [-0.05, 0) is 41.7 Å². The van der Waals surface area contributed by atoms with Crippen LogP contribution in [0.25, 0.3) is 0 Å². The molecule has 3 aromatic carbocycles. The van der Waals surface area contributed by atoms with Crippen molar-refractivity contribution in [2.75, 3.05) is 19.6 Å². The summed E-state index contributed by atoms with van der Waals surface area (Å²) in [5, 5.41) is 20.8. The van der Waals surface area contributed by atoms with Crippen LogP contribution in [0.1, 0.15) is 29.0 Å². The second-order valence-corrected chi connectivity index (χ2v) is 9.53. The van der Waals surface area contributed by atoms with E-state index in [1.807, 2.05) is 36.4 Å². The van der Waals surface area contributed by atoms with E-state index in [9.17, 15) is 29.0 Å². The first-order valence-electron chi connectivity index (χ1n) is 12.8. The van der Waals surface area contributed by atoms with Gasteiger partial charge in [0.15, 0.2) is 0 Å². The first-order chi connectivity index (χ1) is 18.8. The Labute approximate surface area is 226 Å². The second kappa shape index (κ2) is 13.0. The Hall–Kier alpha value is -4.24. The van der Waals surface area contributed by atoms with Gasteiger partial charge in [-0.3, -0.25) is 14.5 Å². The predicted molar refractivity (Wildman–Crippen MR) is 141 cm³/mol. The van der Waals surface area contributed by atoms with Crippen LogP contribution in [-0.2, 0) is 27.4 Å². The number of aryl methyl sites for hydroxylation is 1. The van der Waals surface area contributed by atoms with Gasteiger partial charge in [0.25, 0.3) is 0 Å². The molecule has 3 atom stereocenters. The fourth-order valence-corrected chi connectivity index (χ4v) is 4.86. The van der Waals surface area contributed by atoms with Crippen LogP contribution in [-0.4, -0.2) is 69.8 Å². The van der Waals surface area contributed by atoms with E-state index < -0.39 is 48.4 Å². The van der Waals surface area contributed by atoms with Gasteiger partial charge in [-0.1, -0.05) is 72.8 Å². The van der Waals surface area contributed by atoms with Crippen LogP contribution in [0.2, 0.25) is 0 Å². The lowest BCUT2D eigenvalue weighted by Crippen LogP contribution is -2.53. The first-order valence-corrected chi connectivity index (χ1v) is 12.8. The van der Waals surface area contributed by atoms with Crippen molar-refractivity contribution in [3.63, 3.8) is 0 Å². The fraction of sp³-hybridized carbons (Fsp3) is 0.300. The molecule has 0 spiro atoms. The summed E-state index contributed by atoms with van der Waals surface area (Å²) in [5.41, 5.74) is 2.34. The molecular weight excluding hydrogens is 503 g/mol. The molecule has 1 fully saturated rings. The number of benzene rings is 3. The normalized spacial score (nSPS) is 18.5. The van der Waals surface area contributed by atoms with E-state index in [2.05, 4.69) is 0 Å². The molecule has 0 saturated carbocycles. The highest BCUT2D eigenvalue weighted by molar-refractivity contribution is 5.89. The fourth-order valence-electron chi connectivity index (χ4n) is 4.86.